The van der Waals surface area contributed by atoms with Crippen molar-refractivity contribution in [3.05, 3.63) is 46.6 Å². The van der Waals surface area contributed by atoms with E-state index in [1.54, 1.807) is 23.9 Å². The lowest BCUT2D eigenvalue weighted by molar-refractivity contribution is 0.244. The molecule has 22 heavy (non-hydrogen) atoms. The Morgan fingerprint density at radius 3 is 3.18 bits per heavy atom. The van der Waals surface area contributed by atoms with Gasteiger partial charge in [0.1, 0.15) is 17.0 Å². The maximum atomic E-state index is 5.78. The van der Waals surface area contributed by atoms with Crippen LogP contribution in [0.15, 0.2) is 39.0 Å². The number of oxazole rings is 1. The summed E-state index contributed by atoms with van der Waals surface area (Å²) in [5.74, 6) is 1.51. The number of rotatable bonds is 4. The summed E-state index contributed by atoms with van der Waals surface area (Å²) in [6, 6.07) is 2.27. The summed E-state index contributed by atoms with van der Waals surface area (Å²) in [4.78, 5) is 11.6. The zero-order valence-corrected chi connectivity index (χ0v) is 13.2. The Labute approximate surface area is 132 Å². The van der Waals surface area contributed by atoms with Crippen LogP contribution in [0, 0.1) is 6.92 Å². The van der Waals surface area contributed by atoms with Gasteiger partial charge in [-0.3, -0.25) is 4.90 Å². The Morgan fingerprint density at radius 1 is 1.45 bits per heavy atom. The van der Waals surface area contributed by atoms with Gasteiger partial charge in [0.05, 0.1) is 23.6 Å². The van der Waals surface area contributed by atoms with Crippen molar-refractivity contribution in [1.29, 1.82) is 0 Å². The van der Waals surface area contributed by atoms with Crippen LogP contribution in [0.4, 0.5) is 0 Å². The lowest BCUT2D eigenvalue weighted by atomic mass is 10.2. The fourth-order valence-electron chi connectivity index (χ4n) is 2.97. The van der Waals surface area contributed by atoms with E-state index in [-0.39, 0.29) is 0 Å². The number of hydrogen-bond acceptors (Lipinski definition) is 6. The topological polar surface area (TPSA) is 55.3 Å². The fraction of sp³-hybridized carbons (Fsp3) is 0.375. The van der Waals surface area contributed by atoms with Crippen molar-refractivity contribution in [1.82, 2.24) is 14.9 Å². The van der Waals surface area contributed by atoms with Gasteiger partial charge in [0.2, 0.25) is 5.89 Å². The van der Waals surface area contributed by atoms with E-state index in [0.717, 1.165) is 30.1 Å². The molecule has 6 heteroatoms. The molecule has 1 atom stereocenters. The Balaban J connectivity index is 1.56. The van der Waals surface area contributed by atoms with E-state index >= 15 is 0 Å². The van der Waals surface area contributed by atoms with Gasteiger partial charge in [0.25, 0.3) is 0 Å². The average molecular weight is 315 g/mol. The molecule has 1 saturated heterocycles. The Hall–Kier alpha value is -1.92. The summed E-state index contributed by atoms with van der Waals surface area (Å²) in [6.45, 7) is 3.86. The van der Waals surface area contributed by atoms with Crippen molar-refractivity contribution in [2.24, 2.45) is 0 Å². The van der Waals surface area contributed by atoms with Crippen molar-refractivity contribution in [2.75, 3.05) is 6.54 Å². The molecule has 0 saturated carbocycles. The van der Waals surface area contributed by atoms with Crippen LogP contribution in [0.25, 0.3) is 11.5 Å². The Kier molecular flexibility index (Phi) is 3.56. The first-order valence-corrected chi connectivity index (χ1v) is 8.31. The van der Waals surface area contributed by atoms with Gasteiger partial charge in [-0.2, -0.15) is 0 Å². The number of thiazole rings is 1. The Bertz CT molecular complexity index is 734. The fourth-order valence-corrected chi connectivity index (χ4v) is 3.78. The minimum absolute atomic E-state index is 0.411. The highest BCUT2D eigenvalue weighted by molar-refractivity contribution is 7.09. The van der Waals surface area contributed by atoms with Crippen molar-refractivity contribution in [3.8, 4) is 11.5 Å². The van der Waals surface area contributed by atoms with Gasteiger partial charge in [-0.15, -0.1) is 11.3 Å². The summed E-state index contributed by atoms with van der Waals surface area (Å²) in [7, 11) is 0. The van der Waals surface area contributed by atoms with E-state index in [4.69, 9.17) is 8.83 Å². The number of hydrogen-bond donors (Lipinski definition) is 0. The molecule has 3 aromatic rings. The predicted octanol–water partition coefficient (Wildman–Crippen LogP) is 4.04. The molecule has 3 aromatic heterocycles. The van der Waals surface area contributed by atoms with Crippen LogP contribution in [0.5, 0.6) is 0 Å². The summed E-state index contributed by atoms with van der Waals surface area (Å²) in [5, 5.41) is 3.25. The van der Waals surface area contributed by atoms with Gasteiger partial charge < -0.3 is 8.83 Å². The van der Waals surface area contributed by atoms with E-state index in [0.29, 0.717) is 11.9 Å². The van der Waals surface area contributed by atoms with E-state index < -0.39 is 0 Å². The van der Waals surface area contributed by atoms with E-state index in [2.05, 4.69) is 14.9 Å². The first-order chi connectivity index (χ1) is 10.8. The second-order valence-corrected chi connectivity index (χ2v) is 6.46. The predicted molar refractivity (Wildman–Crippen MR) is 83.4 cm³/mol. The van der Waals surface area contributed by atoms with Crippen LogP contribution in [0.3, 0.4) is 0 Å². The lowest BCUT2D eigenvalue weighted by Crippen LogP contribution is -2.23. The molecule has 0 aliphatic carbocycles. The molecule has 1 fully saturated rings. The molecular weight excluding hydrogens is 298 g/mol. The second kappa shape index (κ2) is 5.70. The summed E-state index contributed by atoms with van der Waals surface area (Å²) in [5.41, 5.74) is 1.88. The van der Waals surface area contributed by atoms with Gasteiger partial charge in [-0.25, -0.2) is 9.97 Å². The summed E-state index contributed by atoms with van der Waals surface area (Å²) >= 11 is 1.73. The molecule has 0 amide bonds. The van der Waals surface area contributed by atoms with Crippen LogP contribution in [0.1, 0.15) is 35.3 Å². The molecule has 0 aromatic carbocycles. The molecule has 4 heterocycles. The first kappa shape index (κ1) is 13.7. The highest BCUT2D eigenvalue weighted by atomic mass is 32.1. The third-order valence-corrected chi connectivity index (χ3v) is 4.99. The van der Waals surface area contributed by atoms with E-state index in [1.807, 2.05) is 24.6 Å². The number of nitrogens with zero attached hydrogens (tertiary/aromatic N) is 3. The quantitative estimate of drug-likeness (QED) is 0.727. The number of furan rings is 1. The van der Waals surface area contributed by atoms with Gasteiger partial charge >= 0.3 is 0 Å². The van der Waals surface area contributed by atoms with Crippen LogP contribution < -0.4 is 0 Å². The molecular formula is C16H17N3O2S. The lowest BCUT2D eigenvalue weighted by Gasteiger charge is -2.21. The molecule has 0 spiro atoms. The maximum Gasteiger partial charge on any atom is 0.229 e. The summed E-state index contributed by atoms with van der Waals surface area (Å²) < 4.78 is 10.9. The number of likely N-dealkylation sites (tertiary alicyclic amines) is 1. The van der Waals surface area contributed by atoms with Crippen LogP contribution in [-0.2, 0) is 6.54 Å². The molecule has 1 aliphatic rings. The molecule has 1 unspecified atom stereocenters. The molecule has 114 valence electrons. The van der Waals surface area contributed by atoms with E-state index in [9.17, 15) is 0 Å². The van der Waals surface area contributed by atoms with Crippen molar-refractivity contribution in [2.45, 2.75) is 32.4 Å². The zero-order chi connectivity index (χ0) is 14.9. The number of aryl methyl sites for hydroxylation is 1. The maximum absolute atomic E-state index is 5.78. The second-order valence-electron chi connectivity index (χ2n) is 5.53. The molecule has 0 radical (unpaired) electrons. The molecule has 4 rings (SSSR count). The van der Waals surface area contributed by atoms with Crippen LogP contribution in [0.2, 0.25) is 0 Å². The zero-order valence-electron chi connectivity index (χ0n) is 12.4. The first-order valence-electron chi connectivity index (χ1n) is 7.43. The van der Waals surface area contributed by atoms with Crippen molar-refractivity contribution in [3.63, 3.8) is 0 Å². The third-order valence-electron chi connectivity index (χ3n) is 4.11. The molecule has 0 N–H and O–H groups in total. The smallest absolute Gasteiger partial charge is 0.229 e. The summed E-state index contributed by atoms with van der Waals surface area (Å²) in [6.07, 6.45) is 7.54. The highest BCUT2D eigenvalue weighted by Gasteiger charge is 2.29. The van der Waals surface area contributed by atoms with Gasteiger partial charge in [-0.1, -0.05) is 0 Å². The van der Waals surface area contributed by atoms with Gasteiger partial charge in [-0.05, 0) is 32.4 Å². The Morgan fingerprint density at radius 2 is 2.41 bits per heavy atom. The molecule has 0 bridgehead atoms. The minimum Gasteiger partial charge on any atom is -0.472 e. The van der Waals surface area contributed by atoms with Crippen molar-refractivity contribution < 1.29 is 8.83 Å². The van der Waals surface area contributed by atoms with Gasteiger partial charge in [0.15, 0.2) is 0 Å². The highest BCUT2D eigenvalue weighted by Crippen LogP contribution is 2.34. The van der Waals surface area contributed by atoms with Gasteiger partial charge in [0, 0.05) is 18.1 Å². The minimum atomic E-state index is 0.411. The SMILES string of the molecule is Cc1oc(-c2ccoc2)nc1CN1CCCC1c1nccs1. The standard InChI is InChI=1S/C16H17N3O2S/c1-11-13(18-15(21-11)12-4-7-20-10-12)9-19-6-2-3-14(19)16-17-5-8-22-16/h4-5,7-8,10,14H,2-3,6,9H2,1H3. The monoisotopic (exact) mass is 315 g/mol. The normalized spacial score (nSPS) is 19.0. The average Bonchev–Trinajstić information content (AvgIpc) is 3.27. The number of aromatic nitrogens is 2. The molecule has 1 aliphatic heterocycles. The van der Waals surface area contributed by atoms with E-state index in [1.165, 1.54) is 17.8 Å². The van der Waals surface area contributed by atoms with Crippen LogP contribution in [-0.4, -0.2) is 21.4 Å². The molecule has 5 nitrogen and oxygen atoms in total. The largest absolute Gasteiger partial charge is 0.472 e. The third kappa shape index (κ3) is 2.48. The van der Waals surface area contributed by atoms with Crippen LogP contribution >= 0.6 is 11.3 Å². The van der Waals surface area contributed by atoms with Crippen molar-refractivity contribution >= 4 is 11.3 Å².